The topological polar surface area (TPSA) is 57.5 Å². The van der Waals surface area contributed by atoms with Crippen LogP contribution in [0.2, 0.25) is 0 Å². The Labute approximate surface area is 183 Å². The van der Waals surface area contributed by atoms with Crippen molar-refractivity contribution in [1.82, 2.24) is 0 Å². The van der Waals surface area contributed by atoms with Gasteiger partial charge < -0.3 is 10.2 Å². The number of carboxylic acids is 1. The Morgan fingerprint density at radius 1 is 0.733 bits per heavy atom. The second kappa shape index (κ2) is 6.27. The number of carbonyl (C=O) groups is 1. The van der Waals surface area contributed by atoms with Gasteiger partial charge in [-0.2, -0.15) is 0 Å². The summed E-state index contributed by atoms with van der Waals surface area (Å²) in [5.41, 5.74) is 0.444. The van der Waals surface area contributed by atoms with Gasteiger partial charge in [-0.25, -0.2) is 0 Å². The van der Waals surface area contributed by atoms with E-state index in [0.29, 0.717) is 34.5 Å². The van der Waals surface area contributed by atoms with Crippen LogP contribution in [0, 0.1) is 50.7 Å². The van der Waals surface area contributed by atoms with E-state index in [2.05, 4.69) is 34.6 Å². The zero-order chi connectivity index (χ0) is 21.7. The fourth-order valence-corrected chi connectivity index (χ4v) is 10.9. The van der Waals surface area contributed by atoms with Crippen LogP contribution in [-0.2, 0) is 4.79 Å². The number of carboxylic acid groups (broad SMARTS) is 1. The molecule has 5 aliphatic carbocycles. The average Bonchev–Trinajstić information content (AvgIpc) is 3.11. The molecule has 0 radical (unpaired) electrons. The Morgan fingerprint density at radius 2 is 1.47 bits per heavy atom. The molecule has 5 saturated carbocycles. The summed E-state index contributed by atoms with van der Waals surface area (Å²) in [6.45, 7) is 12.4. The SMILES string of the molecule is CC1(C)[C@@H](O)CC[C@]2(C)[C@H]3CC[C@@H]4[C@H]5CCC[C@]5(C(=O)O)CC[C@@]4(C)[C@]3(C)CC[C@@H]12. The van der Waals surface area contributed by atoms with Crippen LogP contribution in [0.1, 0.15) is 105 Å². The van der Waals surface area contributed by atoms with E-state index in [1.165, 1.54) is 25.7 Å². The quantitative estimate of drug-likeness (QED) is 0.528. The van der Waals surface area contributed by atoms with Gasteiger partial charge in [-0.1, -0.05) is 41.0 Å². The summed E-state index contributed by atoms with van der Waals surface area (Å²) in [7, 11) is 0. The van der Waals surface area contributed by atoms with E-state index in [1.54, 1.807) is 0 Å². The van der Waals surface area contributed by atoms with Crippen LogP contribution < -0.4 is 0 Å². The van der Waals surface area contributed by atoms with Gasteiger partial charge in [-0.15, -0.1) is 0 Å². The van der Waals surface area contributed by atoms with E-state index in [9.17, 15) is 15.0 Å². The highest BCUT2D eigenvalue weighted by Gasteiger charge is 2.70. The van der Waals surface area contributed by atoms with Crippen LogP contribution >= 0.6 is 0 Å². The highest BCUT2D eigenvalue weighted by Crippen LogP contribution is 2.76. The second-order valence-corrected chi connectivity index (χ2v) is 13.5. The average molecular weight is 417 g/mol. The van der Waals surface area contributed by atoms with Crippen LogP contribution in [0.25, 0.3) is 0 Å². The molecule has 0 saturated heterocycles. The summed E-state index contributed by atoms with van der Waals surface area (Å²) in [6.07, 6.45) is 12.0. The van der Waals surface area contributed by atoms with Gasteiger partial charge in [0.25, 0.3) is 0 Å². The summed E-state index contributed by atoms with van der Waals surface area (Å²) in [6, 6.07) is 0. The minimum Gasteiger partial charge on any atom is -0.481 e. The van der Waals surface area contributed by atoms with E-state index in [4.69, 9.17) is 0 Å². The van der Waals surface area contributed by atoms with Crippen molar-refractivity contribution in [3.8, 4) is 0 Å². The molecule has 5 rings (SSSR count). The Bertz CT molecular complexity index is 744. The lowest BCUT2D eigenvalue weighted by molar-refractivity contribution is -0.246. The lowest BCUT2D eigenvalue weighted by Gasteiger charge is -2.72. The van der Waals surface area contributed by atoms with Gasteiger partial charge in [-0.3, -0.25) is 4.79 Å². The van der Waals surface area contributed by atoms with Crippen molar-refractivity contribution in [2.24, 2.45) is 50.7 Å². The predicted octanol–water partition coefficient (Wildman–Crippen LogP) is 6.29. The number of fused-ring (bicyclic) bond motifs is 7. The fraction of sp³-hybridized carbons (Fsp3) is 0.963. The van der Waals surface area contributed by atoms with Gasteiger partial charge in [0.1, 0.15) is 0 Å². The summed E-state index contributed by atoms with van der Waals surface area (Å²) in [5, 5.41) is 21.0. The summed E-state index contributed by atoms with van der Waals surface area (Å²) >= 11 is 0. The smallest absolute Gasteiger partial charge is 0.309 e. The molecule has 0 bridgehead atoms. The Balaban J connectivity index is 1.53. The van der Waals surface area contributed by atoms with Gasteiger partial charge in [0.2, 0.25) is 0 Å². The van der Waals surface area contributed by atoms with E-state index >= 15 is 0 Å². The first kappa shape index (κ1) is 21.3. The van der Waals surface area contributed by atoms with Gasteiger partial charge in [0.05, 0.1) is 11.5 Å². The van der Waals surface area contributed by atoms with E-state index in [0.717, 1.165) is 44.9 Å². The number of hydrogen-bond donors (Lipinski definition) is 2. The van der Waals surface area contributed by atoms with Crippen molar-refractivity contribution in [1.29, 1.82) is 0 Å². The molecule has 30 heavy (non-hydrogen) atoms. The molecule has 5 aliphatic rings. The van der Waals surface area contributed by atoms with E-state index < -0.39 is 11.4 Å². The Kier molecular flexibility index (Phi) is 4.45. The van der Waals surface area contributed by atoms with Gasteiger partial charge >= 0.3 is 5.97 Å². The van der Waals surface area contributed by atoms with Gasteiger partial charge in [-0.05, 0) is 110 Å². The zero-order valence-corrected chi connectivity index (χ0v) is 20.0. The van der Waals surface area contributed by atoms with Crippen LogP contribution in [0.4, 0.5) is 0 Å². The fourth-order valence-electron chi connectivity index (χ4n) is 10.9. The van der Waals surface area contributed by atoms with Crippen LogP contribution in [0.3, 0.4) is 0 Å². The molecule has 5 fully saturated rings. The molecule has 0 aromatic rings. The molecule has 0 aromatic carbocycles. The van der Waals surface area contributed by atoms with Gasteiger partial charge in [0, 0.05) is 0 Å². The Hall–Kier alpha value is -0.570. The molecule has 2 N–H and O–H groups in total. The van der Waals surface area contributed by atoms with Gasteiger partial charge in [0.15, 0.2) is 0 Å². The minimum absolute atomic E-state index is 0.00254. The van der Waals surface area contributed by atoms with E-state index in [-0.39, 0.29) is 16.9 Å². The van der Waals surface area contributed by atoms with Crippen LogP contribution in [0.5, 0.6) is 0 Å². The van der Waals surface area contributed by atoms with Crippen LogP contribution in [-0.4, -0.2) is 22.3 Å². The number of rotatable bonds is 1. The third-order valence-corrected chi connectivity index (χ3v) is 12.8. The minimum atomic E-state index is -0.502. The third-order valence-electron chi connectivity index (χ3n) is 12.8. The molecular formula is C27H44O3. The molecule has 0 unspecified atom stereocenters. The lowest BCUT2D eigenvalue weighted by Crippen LogP contribution is -2.66. The third kappa shape index (κ3) is 2.29. The molecule has 9 atom stereocenters. The molecule has 0 heterocycles. The first-order chi connectivity index (χ1) is 13.9. The van der Waals surface area contributed by atoms with Crippen LogP contribution in [0.15, 0.2) is 0 Å². The first-order valence-electron chi connectivity index (χ1n) is 12.8. The molecule has 3 nitrogen and oxygen atoms in total. The normalized spacial score (nSPS) is 56.9. The molecule has 0 aliphatic heterocycles. The maximum absolute atomic E-state index is 12.4. The maximum atomic E-state index is 12.4. The molecular weight excluding hydrogens is 372 g/mol. The van der Waals surface area contributed by atoms with Crippen molar-refractivity contribution in [3.63, 3.8) is 0 Å². The Morgan fingerprint density at radius 3 is 2.17 bits per heavy atom. The second-order valence-electron chi connectivity index (χ2n) is 13.5. The van der Waals surface area contributed by atoms with Crippen molar-refractivity contribution in [3.05, 3.63) is 0 Å². The number of aliphatic hydroxyl groups excluding tert-OH is 1. The molecule has 170 valence electrons. The lowest BCUT2D eigenvalue weighted by atomic mass is 9.32. The molecule has 0 aromatic heterocycles. The number of aliphatic carboxylic acids is 1. The molecule has 0 amide bonds. The predicted molar refractivity (Wildman–Crippen MR) is 119 cm³/mol. The summed E-state index contributed by atoms with van der Waals surface area (Å²) < 4.78 is 0. The first-order valence-corrected chi connectivity index (χ1v) is 12.8. The highest BCUT2D eigenvalue weighted by molar-refractivity contribution is 5.76. The molecule has 3 heteroatoms. The maximum Gasteiger partial charge on any atom is 0.309 e. The largest absolute Gasteiger partial charge is 0.481 e. The van der Waals surface area contributed by atoms with Crippen molar-refractivity contribution >= 4 is 5.97 Å². The summed E-state index contributed by atoms with van der Waals surface area (Å²) in [4.78, 5) is 12.4. The highest BCUT2D eigenvalue weighted by atomic mass is 16.4. The van der Waals surface area contributed by atoms with Crippen molar-refractivity contribution < 1.29 is 15.0 Å². The van der Waals surface area contributed by atoms with E-state index in [1.807, 2.05) is 0 Å². The standard InChI is InChI=1S/C27H44O3/c1-23(2)19-10-14-26(5)20(24(19,3)13-11-21(23)28)9-8-17-18-7-6-12-27(18,22(29)30)16-15-25(17,26)4/h17-21,28H,6-16H2,1-5H3,(H,29,30)/t17-,18-,19+,20-,21+,24+,25-,26-,27+/m1/s1. The molecule has 0 spiro atoms. The zero-order valence-electron chi connectivity index (χ0n) is 20.0. The number of hydrogen-bond acceptors (Lipinski definition) is 2. The monoisotopic (exact) mass is 416 g/mol. The van der Waals surface area contributed by atoms with Crippen molar-refractivity contribution in [2.75, 3.05) is 0 Å². The summed E-state index contributed by atoms with van der Waals surface area (Å²) in [5.74, 6) is 1.77. The van der Waals surface area contributed by atoms with Crippen molar-refractivity contribution in [2.45, 2.75) is 111 Å². The number of aliphatic hydroxyl groups is 1.